The summed E-state index contributed by atoms with van der Waals surface area (Å²) in [6.07, 6.45) is 0.525. The van der Waals surface area contributed by atoms with Gasteiger partial charge in [0.05, 0.1) is 22.3 Å². The average Bonchev–Trinajstić information content (AvgIpc) is 3.10. The van der Waals surface area contributed by atoms with Crippen molar-refractivity contribution in [1.29, 1.82) is 0 Å². The molecule has 3 rings (SSSR count). The molecule has 1 aliphatic heterocycles. The van der Waals surface area contributed by atoms with Crippen LogP contribution in [0.1, 0.15) is 44.6 Å². The molecule has 1 N–H and O–H groups in total. The number of aliphatic hydroxyl groups excluding tert-OH is 1. The van der Waals surface area contributed by atoms with Crippen molar-refractivity contribution in [1.82, 2.24) is 0 Å². The van der Waals surface area contributed by atoms with E-state index in [9.17, 15) is 20.0 Å². The number of nitrogens with zero attached hydrogens (tertiary/aromatic N) is 2. The number of fused-ring (bicyclic) bond motifs is 1. The number of hydrogen-bond acceptors (Lipinski definition) is 8. The van der Waals surface area contributed by atoms with Gasteiger partial charge in [-0.05, 0) is 19.4 Å². The zero-order valence-corrected chi connectivity index (χ0v) is 15.1. The quantitative estimate of drug-likeness (QED) is 0.459. The second kappa shape index (κ2) is 7.65. The number of nitro benzene ring substituents is 1. The lowest BCUT2D eigenvalue weighted by Crippen LogP contribution is -2.24. The number of ketones is 1. The Labute approximate surface area is 155 Å². The fourth-order valence-corrected chi connectivity index (χ4v) is 3.30. The minimum absolute atomic E-state index is 0.0113. The second-order valence-corrected chi connectivity index (χ2v) is 6.18. The summed E-state index contributed by atoms with van der Waals surface area (Å²) in [4.78, 5) is 28.7. The van der Waals surface area contributed by atoms with Gasteiger partial charge in [-0.1, -0.05) is 12.1 Å². The van der Waals surface area contributed by atoms with Gasteiger partial charge in [-0.25, -0.2) is 0 Å². The molecule has 0 saturated carbocycles. The highest BCUT2D eigenvalue weighted by atomic mass is 16.7. The van der Waals surface area contributed by atoms with E-state index in [4.69, 9.17) is 14.3 Å². The molecule has 9 heteroatoms. The number of rotatable bonds is 6. The van der Waals surface area contributed by atoms with Crippen molar-refractivity contribution >= 4 is 17.2 Å². The minimum atomic E-state index is -0.540. The molecule has 1 aromatic rings. The summed E-state index contributed by atoms with van der Waals surface area (Å²) in [5, 5.41) is 25.9. The first-order chi connectivity index (χ1) is 13.0. The monoisotopic (exact) mass is 376 g/mol. The SMILES string of the molecule is CCO/N=C(/CC)C1=C(O)CC(c2cc3c(cc2[N+](=O)[O-])OCO3)CC1=O. The van der Waals surface area contributed by atoms with Crippen LogP contribution in [0.3, 0.4) is 0 Å². The predicted octanol–water partition coefficient (Wildman–Crippen LogP) is 3.38. The summed E-state index contributed by atoms with van der Waals surface area (Å²) in [6, 6.07) is 2.82. The van der Waals surface area contributed by atoms with E-state index in [1.165, 1.54) is 12.1 Å². The average molecular weight is 376 g/mol. The molecule has 1 atom stereocenters. The zero-order chi connectivity index (χ0) is 19.6. The van der Waals surface area contributed by atoms with Crippen LogP contribution >= 0.6 is 0 Å². The molecule has 0 bridgehead atoms. The summed E-state index contributed by atoms with van der Waals surface area (Å²) in [5.74, 6) is -0.310. The van der Waals surface area contributed by atoms with Gasteiger partial charge in [0.15, 0.2) is 17.3 Å². The second-order valence-electron chi connectivity index (χ2n) is 6.18. The Morgan fingerprint density at radius 2 is 2.04 bits per heavy atom. The molecule has 27 heavy (non-hydrogen) atoms. The van der Waals surface area contributed by atoms with Gasteiger partial charge < -0.3 is 19.4 Å². The smallest absolute Gasteiger partial charge is 0.276 e. The van der Waals surface area contributed by atoms with E-state index in [2.05, 4.69) is 5.16 Å². The van der Waals surface area contributed by atoms with E-state index in [0.717, 1.165) is 0 Å². The molecular formula is C18H20N2O7. The zero-order valence-electron chi connectivity index (χ0n) is 15.1. The molecule has 0 fully saturated rings. The van der Waals surface area contributed by atoms with Crippen molar-refractivity contribution in [2.24, 2.45) is 5.16 Å². The molecule has 9 nitrogen and oxygen atoms in total. The molecule has 0 amide bonds. The first-order valence-corrected chi connectivity index (χ1v) is 8.68. The van der Waals surface area contributed by atoms with Gasteiger partial charge in [0.2, 0.25) is 6.79 Å². The molecule has 1 heterocycles. The molecule has 1 aliphatic carbocycles. The number of aliphatic hydroxyl groups is 1. The Morgan fingerprint density at radius 1 is 1.33 bits per heavy atom. The van der Waals surface area contributed by atoms with Crippen LogP contribution in [-0.4, -0.2) is 34.9 Å². The van der Waals surface area contributed by atoms with Crippen molar-refractivity contribution in [2.45, 2.75) is 39.0 Å². The van der Waals surface area contributed by atoms with Gasteiger partial charge in [0.25, 0.3) is 5.69 Å². The van der Waals surface area contributed by atoms with Crippen LogP contribution in [-0.2, 0) is 9.63 Å². The van der Waals surface area contributed by atoms with Gasteiger partial charge in [-0.15, -0.1) is 0 Å². The van der Waals surface area contributed by atoms with Crippen LogP contribution in [0.4, 0.5) is 5.69 Å². The predicted molar refractivity (Wildman–Crippen MR) is 95.2 cm³/mol. The molecule has 1 unspecified atom stereocenters. The Kier molecular flexibility index (Phi) is 5.29. The van der Waals surface area contributed by atoms with E-state index < -0.39 is 10.8 Å². The Bertz CT molecular complexity index is 844. The summed E-state index contributed by atoms with van der Waals surface area (Å²) in [7, 11) is 0. The first-order valence-electron chi connectivity index (χ1n) is 8.68. The standard InChI is InChI=1S/C18H20N2O7/c1-3-12(19-27-4-2)18-14(21)5-10(6-15(18)22)11-7-16-17(26-9-25-16)8-13(11)20(23)24/h7-8,10,21H,3-6,9H2,1-2H3/b19-12-. The molecule has 0 saturated heterocycles. The maximum Gasteiger partial charge on any atom is 0.276 e. The summed E-state index contributed by atoms with van der Waals surface area (Å²) in [5.41, 5.74) is 0.693. The van der Waals surface area contributed by atoms with E-state index in [1.54, 1.807) is 13.8 Å². The number of hydrogen-bond donors (Lipinski definition) is 1. The lowest BCUT2D eigenvalue weighted by atomic mass is 9.80. The van der Waals surface area contributed by atoms with Gasteiger partial charge >= 0.3 is 0 Å². The fourth-order valence-electron chi connectivity index (χ4n) is 3.30. The lowest BCUT2D eigenvalue weighted by molar-refractivity contribution is -0.385. The van der Waals surface area contributed by atoms with Gasteiger partial charge in [-0.3, -0.25) is 14.9 Å². The van der Waals surface area contributed by atoms with Crippen LogP contribution < -0.4 is 9.47 Å². The third-order valence-corrected chi connectivity index (χ3v) is 4.52. The minimum Gasteiger partial charge on any atom is -0.511 e. The van der Waals surface area contributed by atoms with E-state index >= 15 is 0 Å². The number of allylic oxidation sites excluding steroid dienone is 2. The van der Waals surface area contributed by atoms with Crippen molar-refractivity contribution in [2.75, 3.05) is 13.4 Å². The fraction of sp³-hybridized carbons (Fsp3) is 0.444. The Balaban J connectivity index is 1.98. The van der Waals surface area contributed by atoms with Gasteiger partial charge in [0.1, 0.15) is 12.4 Å². The van der Waals surface area contributed by atoms with E-state index in [0.29, 0.717) is 35.8 Å². The molecule has 0 spiro atoms. The number of oxime groups is 1. The van der Waals surface area contributed by atoms with Crippen LogP contribution in [0.15, 0.2) is 28.6 Å². The lowest BCUT2D eigenvalue weighted by Gasteiger charge is -2.24. The Hall–Kier alpha value is -3.10. The topological polar surface area (TPSA) is 120 Å². The highest BCUT2D eigenvalue weighted by molar-refractivity contribution is 6.23. The van der Waals surface area contributed by atoms with Gasteiger partial charge in [-0.2, -0.15) is 0 Å². The van der Waals surface area contributed by atoms with Crippen molar-refractivity contribution in [3.05, 3.63) is 39.1 Å². The summed E-state index contributed by atoms with van der Waals surface area (Å²) >= 11 is 0. The normalized spacial score (nSPS) is 19.4. The first kappa shape index (κ1) is 18.7. The number of carbonyl (C=O) groups excluding carboxylic acids is 1. The maximum atomic E-state index is 12.7. The summed E-state index contributed by atoms with van der Waals surface area (Å²) in [6.45, 7) is 3.91. The molecule has 2 aliphatic rings. The third kappa shape index (κ3) is 3.57. The highest BCUT2D eigenvalue weighted by Gasteiger charge is 2.35. The molecule has 144 valence electrons. The molecule has 1 aromatic carbocycles. The number of Topliss-reactive ketones (excluding diaryl/α,β-unsaturated/α-hetero) is 1. The molecule has 0 radical (unpaired) electrons. The number of ether oxygens (including phenoxy) is 2. The van der Waals surface area contributed by atoms with Gasteiger partial charge in [0, 0.05) is 24.3 Å². The van der Waals surface area contributed by atoms with Crippen molar-refractivity contribution in [3.8, 4) is 11.5 Å². The van der Waals surface area contributed by atoms with Crippen LogP contribution in [0, 0.1) is 10.1 Å². The van der Waals surface area contributed by atoms with Crippen LogP contribution in [0.5, 0.6) is 11.5 Å². The number of nitro groups is 1. The van der Waals surface area contributed by atoms with Crippen LogP contribution in [0.25, 0.3) is 0 Å². The highest BCUT2D eigenvalue weighted by Crippen LogP contribution is 2.44. The van der Waals surface area contributed by atoms with E-state index in [-0.39, 0.29) is 42.4 Å². The maximum absolute atomic E-state index is 12.7. The number of carbonyl (C=O) groups is 1. The summed E-state index contributed by atoms with van der Waals surface area (Å²) < 4.78 is 10.5. The third-order valence-electron chi connectivity index (χ3n) is 4.52. The molecule has 0 aromatic heterocycles. The van der Waals surface area contributed by atoms with Crippen molar-refractivity contribution < 1.29 is 29.1 Å². The van der Waals surface area contributed by atoms with Crippen LogP contribution in [0.2, 0.25) is 0 Å². The largest absolute Gasteiger partial charge is 0.511 e. The Morgan fingerprint density at radius 3 is 2.63 bits per heavy atom. The van der Waals surface area contributed by atoms with E-state index in [1.807, 2.05) is 0 Å². The molecular weight excluding hydrogens is 356 g/mol. The van der Waals surface area contributed by atoms with Crippen molar-refractivity contribution in [3.63, 3.8) is 0 Å². The number of benzene rings is 1.